The summed E-state index contributed by atoms with van der Waals surface area (Å²) in [4.78, 5) is 11.8. The fourth-order valence-corrected chi connectivity index (χ4v) is 4.71. The van der Waals surface area contributed by atoms with Crippen LogP contribution in [0.2, 0.25) is 0 Å². The van der Waals surface area contributed by atoms with Crippen molar-refractivity contribution in [2.24, 2.45) is 0 Å². The largest absolute Gasteiger partial charge is 0.466 e. The zero-order valence-corrected chi connectivity index (χ0v) is 25.3. The van der Waals surface area contributed by atoms with Crippen LogP contribution in [0, 0.1) is 0 Å². The highest BCUT2D eigenvalue weighted by Crippen LogP contribution is 2.13. The maximum Gasteiger partial charge on any atom is 0.305 e. The number of rotatable bonds is 32. The van der Waals surface area contributed by atoms with Gasteiger partial charge in [-0.05, 0) is 19.3 Å². The molecular formula is C33H66O4. The summed E-state index contributed by atoms with van der Waals surface area (Å²) in [6.07, 6.45) is 32.0. The van der Waals surface area contributed by atoms with E-state index in [2.05, 4.69) is 13.8 Å². The van der Waals surface area contributed by atoms with E-state index in [4.69, 9.17) is 14.2 Å². The molecule has 4 nitrogen and oxygen atoms in total. The molecule has 0 aliphatic heterocycles. The summed E-state index contributed by atoms with van der Waals surface area (Å²) in [5.74, 6) is -0.0834. The van der Waals surface area contributed by atoms with E-state index in [1.165, 1.54) is 135 Å². The Bertz CT molecular complexity index is 427. The summed E-state index contributed by atoms with van der Waals surface area (Å²) >= 11 is 0. The molecule has 0 heterocycles. The number of ether oxygens (including phenoxy) is 3. The summed E-state index contributed by atoms with van der Waals surface area (Å²) in [5, 5.41) is 0. The predicted molar refractivity (Wildman–Crippen MR) is 159 cm³/mol. The van der Waals surface area contributed by atoms with Gasteiger partial charge < -0.3 is 14.2 Å². The third-order valence-corrected chi connectivity index (χ3v) is 7.19. The first-order chi connectivity index (χ1) is 18.3. The second-order valence-corrected chi connectivity index (χ2v) is 11.0. The van der Waals surface area contributed by atoms with Gasteiger partial charge >= 0.3 is 5.97 Å². The number of hydrogen-bond donors (Lipinski definition) is 0. The van der Waals surface area contributed by atoms with Crippen molar-refractivity contribution in [2.75, 3.05) is 33.0 Å². The standard InChI is InChI=1S/C33H66O4/c1-3-5-7-9-11-13-14-15-16-17-19-21-23-25-30-37-33(34)27-26-29-36-32-31-35-28-24-22-20-18-12-10-8-6-4-2/h3-32H2,1-2H3. The second-order valence-electron chi connectivity index (χ2n) is 11.0. The van der Waals surface area contributed by atoms with Gasteiger partial charge in [0.05, 0.1) is 19.8 Å². The topological polar surface area (TPSA) is 44.8 Å². The molecule has 4 heteroatoms. The van der Waals surface area contributed by atoms with Gasteiger partial charge in [0.2, 0.25) is 0 Å². The fraction of sp³-hybridized carbons (Fsp3) is 0.970. The lowest BCUT2D eigenvalue weighted by atomic mass is 10.0. The van der Waals surface area contributed by atoms with Gasteiger partial charge in [-0.1, -0.05) is 149 Å². The van der Waals surface area contributed by atoms with Crippen molar-refractivity contribution in [1.29, 1.82) is 0 Å². The molecule has 0 aliphatic carbocycles. The quantitative estimate of drug-likeness (QED) is 0.0646. The molecular weight excluding hydrogens is 460 g/mol. The van der Waals surface area contributed by atoms with Crippen LogP contribution in [0.15, 0.2) is 0 Å². The monoisotopic (exact) mass is 526 g/mol. The van der Waals surface area contributed by atoms with Crippen LogP contribution in [0.5, 0.6) is 0 Å². The zero-order chi connectivity index (χ0) is 26.9. The molecule has 0 radical (unpaired) electrons. The first kappa shape index (κ1) is 36.4. The number of esters is 1. The normalized spacial score (nSPS) is 11.3. The molecule has 0 aliphatic rings. The highest BCUT2D eigenvalue weighted by molar-refractivity contribution is 5.69. The SMILES string of the molecule is CCCCCCCCCCCCCCCCOC(=O)CCCOCCOCCCCCCCCCCC. The summed E-state index contributed by atoms with van der Waals surface area (Å²) in [6.45, 7) is 7.84. The van der Waals surface area contributed by atoms with Gasteiger partial charge in [-0.15, -0.1) is 0 Å². The Morgan fingerprint density at radius 1 is 0.378 bits per heavy atom. The molecule has 0 unspecified atom stereocenters. The van der Waals surface area contributed by atoms with E-state index in [-0.39, 0.29) is 5.97 Å². The summed E-state index contributed by atoms with van der Waals surface area (Å²) in [5.41, 5.74) is 0. The fourth-order valence-electron chi connectivity index (χ4n) is 4.71. The minimum absolute atomic E-state index is 0.0834. The van der Waals surface area contributed by atoms with Gasteiger partial charge in [0.15, 0.2) is 0 Å². The van der Waals surface area contributed by atoms with Crippen molar-refractivity contribution >= 4 is 5.97 Å². The molecule has 0 N–H and O–H groups in total. The molecule has 0 amide bonds. The van der Waals surface area contributed by atoms with E-state index in [0.717, 1.165) is 25.9 Å². The predicted octanol–water partition coefficient (Wildman–Crippen LogP) is 10.4. The Balaban J connectivity index is 3.14. The van der Waals surface area contributed by atoms with Gasteiger partial charge in [0.25, 0.3) is 0 Å². The van der Waals surface area contributed by atoms with Crippen LogP contribution in [-0.4, -0.2) is 39.0 Å². The Kier molecular flexibility index (Phi) is 32.9. The lowest BCUT2D eigenvalue weighted by Gasteiger charge is -2.07. The molecule has 0 saturated carbocycles. The van der Waals surface area contributed by atoms with Crippen molar-refractivity contribution in [3.8, 4) is 0 Å². The van der Waals surface area contributed by atoms with Gasteiger partial charge in [-0.2, -0.15) is 0 Å². The molecule has 0 saturated heterocycles. The molecule has 0 aromatic carbocycles. The van der Waals surface area contributed by atoms with Crippen LogP contribution in [-0.2, 0) is 19.0 Å². The smallest absolute Gasteiger partial charge is 0.305 e. The van der Waals surface area contributed by atoms with Crippen LogP contribution in [0.4, 0.5) is 0 Å². The Labute approximate surface area is 232 Å². The van der Waals surface area contributed by atoms with Crippen molar-refractivity contribution in [3.63, 3.8) is 0 Å². The number of carbonyl (C=O) groups is 1. The summed E-state index contributed by atoms with van der Waals surface area (Å²) in [6, 6.07) is 0. The van der Waals surface area contributed by atoms with Crippen LogP contribution in [0.3, 0.4) is 0 Å². The Morgan fingerprint density at radius 3 is 1.11 bits per heavy atom. The summed E-state index contributed by atoms with van der Waals surface area (Å²) < 4.78 is 16.6. The van der Waals surface area contributed by atoms with E-state index < -0.39 is 0 Å². The lowest BCUT2D eigenvalue weighted by Crippen LogP contribution is -2.09. The molecule has 0 bridgehead atoms. The van der Waals surface area contributed by atoms with E-state index in [1.54, 1.807) is 0 Å². The van der Waals surface area contributed by atoms with Gasteiger partial charge in [0.1, 0.15) is 0 Å². The average molecular weight is 527 g/mol. The number of hydrogen-bond acceptors (Lipinski definition) is 4. The van der Waals surface area contributed by atoms with E-state index in [0.29, 0.717) is 32.8 Å². The zero-order valence-electron chi connectivity index (χ0n) is 25.3. The molecule has 0 atom stereocenters. The minimum Gasteiger partial charge on any atom is -0.466 e. The van der Waals surface area contributed by atoms with Gasteiger partial charge in [-0.3, -0.25) is 4.79 Å². The highest BCUT2D eigenvalue weighted by atomic mass is 16.5. The van der Waals surface area contributed by atoms with Crippen LogP contribution < -0.4 is 0 Å². The van der Waals surface area contributed by atoms with Crippen molar-refractivity contribution in [3.05, 3.63) is 0 Å². The van der Waals surface area contributed by atoms with E-state index >= 15 is 0 Å². The average Bonchev–Trinajstić information content (AvgIpc) is 2.90. The Hall–Kier alpha value is -0.610. The molecule has 0 aromatic rings. The molecule has 37 heavy (non-hydrogen) atoms. The van der Waals surface area contributed by atoms with E-state index in [9.17, 15) is 4.79 Å². The minimum atomic E-state index is -0.0834. The molecule has 0 spiro atoms. The second kappa shape index (κ2) is 33.4. The highest BCUT2D eigenvalue weighted by Gasteiger charge is 2.03. The van der Waals surface area contributed by atoms with Gasteiger partial charge in [-0.25, -0.2) is 0 Å². The van der Waals surface area contributed by atoms with Crippen LogP contribution >= 0.6 is 0 Å². The first-order valence-electron chi connectivity index (χ1n) is 16.6. The third-order valence-electron chi connectivity index (χ3n) is 7.19. The number of carbonyl (C=O) groups excluding carboxylic acids is 1. The van der Waals surface area contributed by atoms with Crippen LogP contribution in [0.25, 0.3) is 0 Å². The molecule has 0 fully saturated rings. The maximum absolute atomic E-state index is 11.8. The van der Waals surface area contributed by atoms with Crippen molar-refractivity contribution < 1.29 is 19.0 Å². The lowest BCUT2D eigenvalue weighted by molar-refractivity contribution is -0.144. The van der Waals surface area contributed by atoms with E-state index in [1.807, 2.05) is 0 Å². The first-order valence-corrected chi connectivity index (χ1v) is 16.6. The summed E-state index contributed by atoms with van der Waals surface area (Å²) in [7, 11) is 0. The molecule has 222 valence electrons. The third kappa shape index (κ3) is 33.4. The Morgan fingerprint density at radius 2 is 0.703 bits per heavy atom. The van der Waals surface area contributed by atoms with Crippen molar-refractivity contribution in [2.45, 2.75) is 174 Å². The maximum atomic E-state index is 11.8. The molecule has 0 aromatic heterocycles. The van der Waals surface area contributed by atoms with Crippen LogP contribution in [0.1, 0.15) is 174 Å². The molecule has 0 rings (SSSR count). The van der Waals surface area contributed by atoms with Gasteiger partial charge in [0, 0.05) is 19.6 Å². The van der Waals surface area contributed by atoms with Crippen molar-refractivity contribution in [1.82, 2.24) is 0 Å². The number of unbranched alkanes of at least 4 members (excludes halogenated alkanes) is 21.